The summed E-state index contributed by atoms with van der Waals surface area (Å²) in [6.07, 6.45) is 0. The van der Waals surface area contributed by atoms with Gasteiger partial charge in [0, 0.05) is 24.1 Å². The van der Waals surface area contributed by atoms with Crippen LogP contribution in [0.25, 0.3) is 11.1 Å². The fourth-order valence-electron chi connectivity index (χ4n) is 2.75. The van der Waals surface area contributed by atoms with Gasteiger partial charge in [-0.15, -0.1) is 0 Å². The molecule has 0 unspecified atom stereocenters. The Morgan fingerprint density at radius 3 is 2.62 bits per heavy atom. The second-order valence-corrected chi connectivity index (χ2v) is 6.18. The number of hydrogen-bond acceptors (Lipinski definition) is 2. The zero-order chi connectivity index (χ0) is 15.0. The lowest BCUT2D eigenvalue weighted by Crippen LogP contribution is -2.27. The summed E-state index contributed by atoms with van der Waals surface area (Å²) < 4.78 is 0. The van der Waals surface area contributed by atoms with Crippen LogP contribution in [-0.2, 0) is 12.0 Å². The second-order valence-electron chi connectivity index (χ2n) is 6.18. The van der Waals surface area contributed by atoms with E-state index in [1.54, 1.807) is 0 Å². The van der Waals surface area contributed by atoms with Crippen LogP contribution in [0.2, 0.25) is 0 Å². The predicted molar refractivity (Wildman–Crippen MR) is 85.1 cm³/mol. The Hall–Kier alpha value is -2.13. The third kappa shape index (κ3) is 2.34. The largest absolute Gasteiger partial charge is 0.348 e. The highest BCUT2D eigenvalue weighted by Gasteiger charge is 2.23. The fraction of sp³-hybridized carbons (Fsp3) is 0.278. The standard InChI is InChI=1S/C18H20N2O/c1-18(2,11-19)13-6-3-5-12(9-13)14-7-4-8-15-16(14)10-20-17(15)21/h3-9H,10-11,19H2,1-2H3,(H,20,21). The maximum Gasteiger partial charge on any atom is 0.251 e. The van der Waals surface area contributed by atoms with Crippen molar-refractivity contribution in [2.24, 2.45) is 5.73 Å². The first kappa shape index (κ1) is 13.8. The average Bonchev–Trinajstić information content (AvgIpc) is 2.89. The van der Waals surface area contributed by atoms with E-state index >= 15 is 0 Å². The molecule has 0 fully saturated rings. The Kier molecular flexibility index (Phi) is 3.30. The highest BCUT2D eigenvalue weighted by molar-refractivity contribution is 6.00. The topological polar surface area (TPSA) is 55.1 Å². The SMILES string of the molecule is CC(C)(CN)c1cccc(-c2cccc3c2CNC3=O)c1. The number of nitrogens with one attached hydrogen (secondary N) is 1. The summed E-state index contributed by atoms with van der Waals surface area (Å²) in [5, 5.41) is 2.89. The number of carbonyl (C=O) groups excluding carboxylic acids is 1. The molecule has 0 aliphatic carbocycles. The number of rotatable bonds is 3. The molecule has 1 aliphatic rings. The predicted octanol–water partition coefficient (Wildman–Crippen LogP) is 2.83. The molecule has 0 saturated heterocycles. The fourth-order valence-corrected chi connectivity index (χ4v) is 2.75. The van der Waals surface area contributed by atoms with E-state index in [2.05, 4.69) is 49.5 Å². The van der Waals surface area contributed by atoms with Crippen molar-refractivity contribution in [3.8, 4) is 11.1 Å². The maximum absolute atomic E-state index is 11.8. The minimum Gasteiger partial charge on any atom is -0.348 e. The normalized spacial score (nSPS) is 14.0. The molecular formula is C18H20N2O. The van der Waals surface area contributed by atoms with Crippen LogP contribution in [0, 0.1) is 0 Å². The molecule has 2 aromatic rings. The van der Waals surface area contributed by atoms with Gasteiger partial charge in [0.15, 0.2) is 0 Å². The minimum atomic E-state index is -0.0535. The lowest BCUT2D eigenvalue weighted by atomic mass is 9.83. The minimum absolute atomic E-state index is 0.0188. The Bertz CT molecular complexity index is 704. The van der Waals surface area contributed by atoms with Crippen molar-refractivity contribution in [3.05, 3.63) is 59.2 Å². The molecule has 2 aromatic carbocycles. The van der Waals surface area contributed by atoms with E-state index in [0.29, 0.717) is 13.1 Å². The van der Waals surface area contributed by atoms with Crippen LogP contribution in [0.15, 0.2) is 42.5 Å². The lowest BCUT2D eigenvalue weighted by molar-refractivity contribution is 0.0966. The summed E-state index contributed by atoms with van der Waals surface area (Å²) in [5.41, 5.74) is 11.2. The van der Waals surface area contributed by atoms with Crippen LogP contribution < -0.4 is 11.1 Å². The molecule has 0 aromatic heterocycles. The van der Waals surface area contributed by atoms with Gasteiger partial charge in [-0.25, -0.2) is 0 Å². The van der Waals surface area contributed by atoms with Gasteiger partial charge in [-0.05, 0) is 28.3 Å². The summed E-state index contributed by atoms with van der Waals surface area (Å²) in [4.78, 5) is 11.8. The average molecular weight is 280 g/mol. The number of carbonyl (C=O) groups is 1. The van der Waals surface area contributed by atoms with Crippen molar-refractivity contribution in [3.63, 3.8) is 0 Å². The van der Waals surface area contributed by atoms with Crippen LogP contribution in [0.1, 0.15) is 35.3 Å². The smallest absolute Gasteiger partial charge is 0.251 e. The van der Waals surface area contributed by atoms with Crippen molar-refractivity contribution in [2.45, 2.75) is 25.8 Å². The molecule has 0 atom stereocenters. The van der Waals surface area contributed by atoms with Gasteiger partial charge < -0.3 is 11.1 Å². The number of benzene rings is 2. The van der Waals surface area contributed by atoms with Gasteiger partial charge in [0.1, 0.15) is 0 Å². The van der Waals surface area contributed by atoms with Gasteiger partial charge in [0.2, 0.25) is 0 Å². The van der Waals surface area contributed by atoms with Gasteiger partial charge in [-0.3, -0.25) is 4.79 Å². The first-order valence-electron chi connectivity index (χ1n) is 7.24. The zero-order valence-electron chi connectivity index (χ0n) is 12.4. The summed E-state index contributed by atoms with van der Waals surface area (Å²) >= 11 is 0. The molecule has 108 valence electrons. The molecule has 3 rings (SSSR count). The summed E-state index contributed by atoms with van der Waals surface area (Å²) in [7, 11) is 0. The van der Waals surface area contributed by atoms with E-state index in [1.165, 1.54) is 5.56 Å². The molecule has 21 heavy (non-hydrogen) atoms. The second kappa shape index (κ2) is 5.01. The van der Waals surface area contributed by atoms with Crippen molar-refractivity contribution in [2.75, 3.05) is 6.54 Å². The third-order valence-corrected chi connectivity index (χ3v) is 4.31. The first-order chi connectivity index (χ1) is 10.0. The maximum atomic E-state index is 11.8. The molecule has 0 saturated carbocycles. The van der Waals surface area contributed by atoms with Gasteiger partial charge in [-0.2, -0.15) is 0 Å². The highest BCUT2D eigenvalue weighted by Crippen LogP contribution is 2.32. The monoisotopic (exact) mass is 280 g/mol. The Labute approximate surface area is 125 Å². The first-order valence-corrected chi connectivity index (χ1v) is 7.24. The van der Waals surface area contributed by atoms with Crippen molar-refractivity contribution in [1.82, 2.24) is 5.32 Å². The molecular weight excluding hydrogens is 260 g/mol. The zero-order valence-corrected chi connectivity index (χ0v) is 12.4. The Morgan fingerprint density at radius 2 is 1.86 bits per heavy atom. The third-order valence-electron chi connectivity index (χ3n) is 4.31. The van der Waals surface area contributed by atoms with E-state index in [0.717, 1.165) is 22.3 Å². The number of hydrogen-bond donors (Lipinski definition) is 2. The van der Waals surface area contributed by atoms with Crippen molar-refractivity contribution in [1.29, 1.82) is 0 Å². The lowest BCUT2D eigenvalue weighted by Gasteiger charge is -2.24. The van der Waals surface area contributed by atoms with E-state index in [9.17, 15) is 4.79 Å². The number of fused-ring (bicyclic) bond motifs is 1. The Balaban J connectivity index is 2.11. The van der Waals surface area contributed by atoms with Crippen LogP contribution in [0.3, 0.4) is 0 Å². The van der Waals surface area contributed by atoms with E-state index < -0.39 is 0 Å². The molecule has 0 bridgehead atoms. The van der Waals surface area contributed by atoms with Gasteiger partial charge >= 0.3 is 0 Å². The number of nitrogens with two attached hydrogens (primary N) is 1. The number of amides is 1. The van der Waals surface area contributed by atoms with Crippen LogP contribution in [-0.4, -0.2) is 12.5 Å². The summed E-state index contributed by atoms with van der Waals surface area (Å²) in [6.45, 7) is 5.50. The Morgan fingerprint density at radius 1 is 1.14 bits per heavy atom. The highest BCUT2D eigenvalue weighted by atomic mass is 16.1. The van der Waals surface area contributed by atoms with Crippen molar-refractivity contribution < 1.29 is 4.79 Å². The molecule has 0 spiro atoms. The van der Waals surface area contributed by atoms with Crippen LogP contribution in [0.5, 0.6) is 0 Å². The summed E-state index contributed by atoms with van der Waals surface area (Å²) in [5.74, 6) is 0.0188. The van der Waals surface area contributed by atoms with E-state index in [-0.39, 0.29) is 11.3 Å². The molecule has 1 amide bonds. The van der Waals surface area contributed by atoms with Crippen molar-refractivity contribution >= 4 is 5.91 Å². The van der Waals surface area contributed by atoms with Crippen LogP contribution >= 0.6 is 0 Å². The molecule has 3 N–H and O–H groups in total. The molecule has 3 nitrogen and oxygen atoms in total. The van der Waals surface area contributed by atoms with Crippen LogP contribution in [0.4, 0.5) is 0 Å². The van der Waals surface area contributed by atoms with Gasteiger partial charge in [0.05, 0.1) is 0 Å². The molecule has 3 heteroatoms. The molecule has 1 aliphatic heterocycles. The summed E-state index contributed by atoms with van der Waals surface area (Å²) in [6, 6.07) is 14.4. The van der Waals surface area contributed by atoms with E-state index in [1.807, 2.05) is 12.1 Å². The molecule has 1 heterocycles. The van der Waals surface area contributed by atoms with E-state index in [4.69, 9.17) is 5.73 Å². The van der Waals surface area contributed by atoms with Gasteiger partial charge in [-0.1, -0.05) is 50.2 Å². The molecule has 0 radical (unpaired) electrons. The van der Waals surface area contributed by atoms with Gasteiger partial charge in [0.25, 0.3) is 5.91 Å². The quantitative estimate of drug-likeness (QED) is 0.908.